The zero-order valence-corrected chi connectivity index (χ0v) is 21.7. The van der Waals surface area contributed by atoms with Crippen molar-refractivity contribution in [2.45, 2.75) is 34.0 Å². The highest BCUT2D eigenvalue weighted by atomic mass is 16.6. The Labute approximate surface area is 223 Å². The third-order valence-electron chi connectivity index (χ3n) is 6.45. The number of aliphatic imine (C=N–C) groups is 1. The number of aryl methyl sites for hydroxylation is 3. The van der Waals surface area contributed by atoms with Gasteiger partial charge >= 0.3 is 5.97 Å². The molecule has 0 fully saturated rings. The van der Waals surface area contributed by atoms with Crippen molar-refractivity contribution in [1.82, 2.24) is 0 Å². The predicted octanol–water partition coefficient (Wildman–Crippen LogP) is 7.11. The normalized spacial score (nSPS) is 13.8. The molecule has 0 amide bonds. The number of hydrogen-bond acceptors (Lipinski definition) is 5. The fraction of sp³-hybridized carbons (Fsp3) is 0.152. The van der Waals surface area contributed by atoms with Crippen LogP contribution in [0, 0.1) is 20.8 Å². The van der Waals surface area contributed by atoms with Crippen molar-refractivity contribution < 1.29 is 19.0 Å². The van der Waals surface area contributed by atoms with Crippen LogP contribution in [0.25, 0.3) is 6.08 Å². The van der Waals surface area contributed by atoms with Crippen molar-refractivity contribution in [3.63, 3.8) is 0 Å². The number of hydrogen-bond donors (Lipinski definition) is 0. The van der Waals surface area contributed by atoms with Gasteiger partial charge < -0.3 is 14.2 Å². The number of carbonyl (C=O) groups excluding carboxylic acids is 1. The Balaban J connectivity index is 1.43. The molecule has 38 heavy (non-hydrogen) atoms. The molecule has 1 aliphatic heterocycles. The summed E-state index contributed by atoms with van der Waals surface area (Å²) in [5.74, 6) is 1.04. The van der Waals surface area contributed by atoms with Gasteiger partial charge in [-0.3, -0.25) is 0 Å². The topological polar surface area (TPSA) is 57.1 Å². The summed E-state index contributed by atoms with van der Waals surface area (Å²) in [5.41, 5.74) is 7.34. The van der Waals surface area contributed by atoms with Crippen molar-refractivity contribution in [2.24, 2.45) is 4.99 Å². The molecule has 0 saturated heterocycles. The van der Waals surface area contributed by atoms with Crippen LogP contribution in [0.5, 0.6) is 11.5 Å². The van der Waals surface area contributed by atoms with Crippen LogP contribution in [0.3, 0.4) is 0 Å². The van der Waals surface area contributed by atoms with Gasteiger partial charge in [0.25, 0.3) is 0 Å². The van der Waals surface area contributed by atoms with Gasteiger partial charge in [0.2, 0.25) is 5.90 Å². The van der Waals surface area contributed by atoms with Crippen LogP contribution < -0.4 is 9.47 Å². The van der Waals surface area contributed by atoms with Crippen molar-refractivity contribution in [3.05, 3.63) is 136 Å². The van der Waals surface area contributed by atoms with E-state index in [-0.39, 0.29) is 5.70 Å². The van der Waals surface area contributed by atoms with E-state index in [0.717, 1.165) is 33.4 Å². The smallest absolute Gasteiger partial charge is 0.363 e. The highest BCUT2D eigenvalue weighted by Gasteiger charge is 2.24. The van der Waals surface area contributed by atoms with Gasteiger partial charge in [0.1, 0.15) is 13.2 Å². The van der Waals surface area contributed by atoms with Crippen LogP contribution in [0.4, 0.5) is 0 Å². The third kappa shape index (κ3) is 5.84. The van der Waals surface area contributed by atoms with Gasteiger partial charge in [-0.2, -0.15) is 0 Å². The second-order valence-electron chi connectivity index (χ2n) is 9.34. The first-order valence-electron chi connectivity index (χ1n) is 12.5. The molecule has 0 unspecified atom stereocenters. The lowest BCUT2D eigenvalue weighted by atomic mass is 10.1. The van der Waals surface area contributed by atoms with E-state index < -0.39 is 5.97 Å². The van der Waals surface area contributed by atoms with Crippen LogP contribution in [0.2, 0.25) is 0 Å². The van der Waals surface area contributed by atoms with E-state index in [2.05, 4.69) is 37.0 Å². The van der Waals surface area contributed by atoms with Crippen LogP contribution in [0.1, 0.15) is 38.9 Å². The molecule has 1 aliphatic rings. The Kier molecular flexibility index (Phi) is 7.36. The lowest BCUT2D eigenvalue weighted by molar-refractivity contribution is -0.129. The van der Waals surface area contributed by atoms with Gasteiger partial charge in [-0.25, -0.2) is 9.79 Å². The standard InChI is InChI=1S/C33H29NO4/c1-22-9-8-14-26(17-22)32-34-29(33(35)38-32)18-25-15-16-30(36-20-27-12-6-4-10-23(27)2)31(19-25)37-21-28-13-7-5-11-24(28)3/h4-19H,20-21H2,1-3H3/b29-18+. The number of carbonyl (C=O) groups is 1. The van der Waals surface area contributed by atoms with Gasteiger partial charge in [0.15, 0.2) is 17.2 Å². The van der Waals surface area contributed by atoms with E-state index >= 15 is 0 Å². The molecule has 0 spiro atoms. The van der Waals surface area contributed by atoms with E-state index in [1.165, 1.54) is 5.56 Å². The molecule has 5 nitrogen and oxygen atoms in total. The van der Waals surface area contributed by atoms with Gasteiger partial charge in [0.05, 0.1) is 0 Å². The number of rotatable bonds is 8. The second kappa shape index (κ2) is 11.2. The SMILES string of the molecule is Cc1cccc(C2=N/C(=C/c3ccc(OCc4ccccc4C)c(OCc4ccccc4C)c3)C(=O)O2)c1. The molecule has 0 N–H and O–H groups in total. The van der Waals surface area contributed by atoms with Gasteiger partial charge in [-0.15, -0.1) is 0 Å². The fourth-order valence-electron chi connectivity index (χ4n) is 4.17. The first-order chi connectivity index (χ1) is 18.5. The van der Waals surface area contributed by atoms with E-state index in [1.807, 2.05) is 79.7 Å². The van der Waals surface area contributed by atoms with Crippen LogP contribution >= 0.6 is 0 Å². The molecule has 0 aromatic heterocycles. The van der Waals surface area contributed by atoms with Crippen molar-refractivity contribution in [3.8, 4) is 11.5 Å². The zero-order chi connectivity index (χ0) is 26.5. The van der Waals surface area contributed by atoms with Crippen LogP contribution in [-0.4, -0.2) is 11.9 Å². The number of nitrogens with zero attached hydrogens (tertiary/aromatic N) is 1. The molecule has 0 radical (unpaired) electrons. The summed E-state index contributed by atoms with van der Waals surface area (Å²) in [5, 5.41) is 0. The molecule has 4 aromatic carbocycles. The fourth-order valence-corrected chi connectivity index (χ4v) is 4.17. The minimum absolute atomic E-state index is 0.236. The van der Waals surface area contributed by atoms with Crippen molar-refractivity contribution >= 4 is 17.9 Å². The number of benzene rings is 4. The summed E-state index contributed by atoms with van der Waals surface area (Å²) in [6, 6.07) is 29.6. The maximum Gasteiger partial charge on any atom is 0.363 e. The van der Waals surface area contributed by atoms with E-state index in [1.54, 1.807) is 6.08 Å². The summed E-state index contributed by atoms with van der Waals surface area (Å²) in [7, 11) is 0. The molecule has 5 heteroatoms. The largest absolute Gasteiger partial charge is 0.485 e. The first kappa shape index (κ1) is 25.0. The van der Waals surface area contributed by atoms with Crippen LogP contribution in [0.15, 0.2) is 102 Å². The maximum atomic E-state index is 12.6. The molecule has 4 aromatic rings. The van der Waals surface area contributed by atoms with Gasteiger partial charge in [-0.1, -0.05) is 72.3 Å². The van der Waals surface area contributed by atoms with Crippen LogP contribution in [-0.2, 0) is 22.7 Å². The summed E-state index contributed by atoms with van der Waals surface area (Å²) in [4.78, 5) is 17.0. The Morgan fingerprint density at radius 1 is 0.737 bits per heavy atom. The highest BCUT2D eigenvalue weighted by Crippen LogP contribution is 2.32. The third-order valence-corrected chi connectivity index (χ3v) is 6.45. The number of ether oxygens (including phenoxy) is 3. The number of esters is 1. The predicted molar refractivity (Wildman–Crippen MR) is 149 cm³/mol. The molecular formula is C33H29NO4. The lowest BCUT2D eigenvalue weighted by Crippen LogP contribution is -2.05. The summed E-state index contributed by atoms with van der Waals surface area (Å²) < 4.78 is 17.9. The van der Waals surface area contributed by atoms with Crippen molar-refractivity contribution in [2.75, 3.05) is 0 Å². The molecule has 0 aliphatic carbocycles. The average Bonchev–Trinajstić information content (AvgIpc) is 3.28. The quantitative estimate of drug-likeness (QED) is 0.190. The van der Waals surface area contributed by atoms with E-state index in [9.17, 15) is 4.79 Å². The highest BCUT2D eigenvalue weighted by molar-refractivity contribution is 6.12. The monoisotopic (exact) mass is 503 g/mol. The molecule has 0 saturated carbocycles. The Morgan fingerprint density at radius 2 is 1.39 bits per heavy atom. The number of cyclic esters (lactones) is 1. The summed E-state index contributed by atoms with van der Waals surface area (Å²) >= 11 is 0. The van der Waals surface area contributed by atoms with Crippen molar-refractivity contribution in [1.29, 1.82) is 0 Å². The molecule has 0 bridgehead atoms. The van der Waals surface area contributed by atoms with Gasteiger partial charge in [-0.05, 0) is 78.9 Å². The van der Waals surface area contributed by atoms with E-state index in [0.29, 0.717) is 30.6 Å². The lowest BCUT2D eigenvalue weighted by Gasteiger charge is -2.15. The Morgan fingerprint density at radius 3 is 2.05 bits per heavy atom. The maximum absolute atomic E-state index is 12.6. The molecule has 5 rings (SSSR count). The zero-order valence-electron chi connectivity index (χ0n) is 21.7. The molecule has 190 valence electrons. The first-order valence-corrected chi connectivity index (χ1v) is 12.5. The summed E-state index contributed by atoms with van der Waals surface area (Å²) in [6.45, 7) is 6.93. The second-order valence-corrected chi connectivity index (χ2v) is 9.34. The summed E-state index contributed by atoms with van der Waals surface area (Å²) in [6.07, 6.45) is 1.71. The van der Waals surface area contributed by atoms with Gasteiger partial charge in [0, 0.05) is 5.56 Å². The Hall–Kier alpha value is -4.64. The molecule has 1 heterocycles. The average molecular weight is 504 g/mol. The molecular weight excluding hydrogens is 474 g/mol. The minimum atomic E-state index is -0.483. The molecule has 0 atom stereocenters. The Bertz CT molecular complexity index is 1550. The minimum Gasteiger partial charge on any atom is -0.485 e. The van der Waals surface area contributed by atoms with E-state index in [4.69, 9.17) is 14.2 Å².